The Morgan fingerprint density at radius 2 is 1.73 bits per heavy atom. The smallest absolute Gasteiger partial charge is 0.295 e. The Kier molecular flexibility index (Phi) is 8.22. The number of aliphatic hydroxyl groups excluding tert-OH is 1. The van der Waals surface area contributed by atoms with E-state index in [-0.39, 0.29) is 23.4 Å². The summed E-state index contributed by atoms with van der Waals surface area (Å²) < 4.78 is 20.3. The van der Waals surface area contributed by atoms with Crippen molar-refractivity contribution in [2.24, 2.45) is 0 Å². The summed E-state index contributed by atoms with van der Waals surface area (Å²) in [5, 5.41) is 11.1. The fourth-order valence-electron chi connectivity index (χ4n) is 4.17. The number of amides is 1. The lowest BCUT2D eigenvalue weighted by atomic mass is 9.95. The SMILES string of the molecule is CCOc1ccc(/C(O)=C2/C(=O)C(=O)N(CCCN(CC)CC)C2c2ccccc2F)cc1. The number of hydrogen-bond acceptors (Lipinski definition) is 5. The average Bonchev–Trinajstić information content (AvgIpc) is 3.07. The second-order valence-corrected chi connectivity index (χ2v) is 7.85. The van der Waals surface area contributed by atoms with Crippen molar-refractivity contribution >= 4 is 17.4 Å². The van der Waals surface area contributed by atoms with Gasteiger partial charge in [0.1, 0.15) is 17.3 Å². The number of hydrogen-bond donors (Lipinski definition) is 1. The molecular weight excluding hydrogens is 423 g/mol. The molecule has 0 aromatic heterocycles. The summed E-state index contributed by atoms with van der Waals surface area (Å²) >= 11 is 0. The largest absolute Gasteiger partial charge is 0.507 e. The number of ketones is 1. The second-order valence-electron chi connectivity index (χ2n) is 7.85. The molecule has 0 bridgehead atoms. The minimum Gasteiger partial charge on any atom is -0.507 e. The molecule has 1 amide bonds. The minimum atomic E-state index is -0.991. The predicted octanol–water partition coefficient (Wildman–Crippen LogP) is 4.38. The first-order valence-electron chi connectivity index (χ1n) is 11.4. The summed E-state index contributed by atoms with van der Waals surface area (Å²) in [5.74, 6) is -1.77. The summed E-state index contributed by atoms with van der Waals surface area (Å²) in [5.41, 5.74) is 0.449. The molecule has 0 radical (unpaired) electrons. The first-order chi connectivity index (χ1) is 15.9. The van der Waals surface area contributed by atoms with Crippen LogP contribution in [0.1, 0.15) is 44.4 Å². The van der Waals surface area contributed by atoms with Gasteiger partial charge >= 0.3 is 0 Å². The van der Waals surface area contributed by atoms with E-state index >= 15 is 0 Å². The van der Waals surface area contributed by atoms with Gasteiger partial charge in [-0.25, -0.2) is 4.39 Å². The van der Waals surface area contributed by atoms with E-state index in [1.165, 1.54) is 11.0 Å². The van der Waals surface area contributed by atoms with Crippen LogP contribution < -0.4 is 4.74 Å². The number of carbonyl (C=O) groups is 2. The first kappa shape index (κ1) is 24.5. The molecule has 1 heterocycles. The van der Waals surface area contributed by atoms with Crippen molar-refractivity contribution in [3.63, 3.8) is 0 Å². The molecule has 2 aromatic carbocycles. The zero-order valence-corrected chi connectivity index (χ0v) is 19.4. The molecule has 1 aliphatic rings. The minimum absolute atomic E-state index is 0.0999. The number of halogens is 1. The van der Waals surface area contributed by atoms with Crippen molar-refractivity contribution in [1.82, 2.24) is 9.80 Å². The predicted molar refractivity (Wildman–Crippen MR) is 125 cm³/mol. The number of aliphatic hydroxyl groups is 1. The van der Waals surface area contributed by atoms with Gasteiger partial charge in [-0.15, -0.1) is 0 Å². The summed E-state index contributed by atoms with van der Waals surface area (Å²) in [6, 6.07) is 11.7. The number of rotatable bonds is 10. The molecule has 1 atom stereocenters. The van der Waals surface area contributed by atoms with Crippen LogP contribution in [0.15, 0.2) is 54.1 Å². The quantitative estimate of drug-likeness (QED) is 0.328. The lowest BCUT2D eigenvalue weighted by molar-refractivity contribution is -0.140. The highest BCUT2D eigenvalue weighted by Crippen LogP contribution is 2.40. The highest BCUT2D eigenvalue weighted by atomic mass is 19.1. The van der Waals surface area contributed by atoms with Crippen molar-refractivity contribution in [1.29, 1.82) is 0 Å². The molecule has 33 heavy (non-hydrogen) atoms. The number of ether oxygens (including phenoxy) is 1. The van der Waals surface area contributed by atoms with Gasteiger partial charge in [-0.1, -0.05) is 32.0 Å². The molecule has 3 rings (SSSR count). The van der Waals surface area contributed by atoms with Crippen molar-refractivity contribution in [3.05, 3.63) is 71.0 Å². The van der Waals surface area contributed by atoms with Crippen molar-refractivity contribution < 1.29 is 23.8 Å². The fraction of sp³-hybridized carbons (Fsp3) is 0.385. The molecule has 0 saturated carbocycles. The van der Waals surface area contributed by atoms with Crippen molar-refractivity contribution in [2.45, 2.75) is 33.2 Å². The van der Waals surface area contributed by atoms with E-state index in [4.69, 9.17) is 4.74 Å². The molecule has 1 aliphatic heterocycles. The first-order valence-corrected chi connectivity index (χ1v) is 11.4. The van der Waals surface area contributed by atoms with E-state index in [0.29, 0.717) is 24.3 Å². The van der Waals surface area contributed by atoms with Gasteiger partial charge in [0.2, 0.25) is 0 Å². The van der Waals surface area contributed by atoms with Crippen LogP contribution in [0.2, 0.25) is 0 Å². The Morgan fingerprint density at radius 1 is 1.06 bits per heavy atom. The Morgan fingerprint density at radius 3 is 2.33 bits per heavy atom. The van der Waals surface area contributed by atoms with E-state index in [0.717, 1.165) is 19.6 Å². The Bertz CT molecular complexity index is 1020. The molecule has 0 aliphatic carbocycles. The zero-order chi connectivity index (χ0) is 24.0. The van der Waals surface area contributed by atoms with E-state index < -0.39 is 23.5 Å². The molecule has 1 unspecified atom stereocenters. The van der Waals surface area contributed by atoms with Crippen LogP contribution in [-0.4, -0.2) is 59.4 Å². The molecule has 6 nitrogen and oxygen atoms in total. The van der Waals surface area contributed by atoms with Crippen molar-refractivity contribution in [3.8, 4) is 5.75 Å². The van der Waals surface area contributed by atoms with Crippen molar-refractivity contribution in [2.75, 3.05) is 32.8 Å². The highest BCUT2D eigenvalue weighted by molar-refractivity contribution is 6.46. The normalized spacial score (nSPS) is 17.7. The zero-order valence-electron chi connectivity index (χ0n) is 19.4. The van der Waals surface area contributed by atoms with Gasteiger partial charge in [-0.3, -0.25) is 9.59 Å². The third kappa shape index (κ3) is 5.25. The van der Waals surface area contributed by atoms with Gasteiger partial charge in [-0.05, 0) is 63.3 Å². The molecule has 176 valence electrons. The third-order valence-corrected chi connectivity index (χ3v) is 5.95. The number of benzene rings is 2. The topological polar surface area (TPSA) is 70.1 Å². The van der Waals surface area contributed by atoms with Crippen LogP contribution in [0.3, 0.4) is 0 Å². The van der Waals surface area contributed by atoms with E-state index in [1.807, 2.05) is 6.92 Å². The fourth-order valence-corrected chi connectivity index (χ4v) is 4.17. The molecular formula is C26H31FN2O4. The summed E-state index contributed by atoms with van der Waals surface area (Å²) in [4.78, 5) is 29.6. The van der Waals surface area contributed by atoms with Gasteiger partial charge in [0, 0.05) is 17.7 Å². The van der Waals surface area contributed by atoms with Crippen LogP contribution in [0, 0.1) is 5.82 Å². The number of likely N-dealkylation sites (tertiary alicyclic amines) is 1. The Labute approximate surface area is 194 Å². The highest BCUT2D eigenvalue weighted by Gasteiger charge is 2.46. The van der Waals surface area contributed by atoms with Crippen LogP contribution in [-0.2, 0) is 9.59 Å². The molecule has 2 aromatic rings. The Balaban J connectivity index is 2.02. The van der Waals surface area contributed by atoms with Gasteiger partial charge < -0.3 is 19.6 Å². The van der Waals surface area contributed by atoms with E-state index in [9.17, 15) is 19.1 Å². The monoisotopic (exact) mass is 454 g/mol. The average molecular weight is 455 g/mol. The summed E-state index contributed by atoms with van der Waals surface area (Å²) in [6.07, 6.45) is 0.628. The molecule has 1 fully saturated rings. The maximum atomic E-state index is 14.8. The van der Waals surface area contributed by atoms with E-state index in [2.05, 4.69) is 18.7 Å². The van der Waals surface area contributed by atoms with Gasteiger partial charge in [0.25, 0.3) is 11.7 Å². The van der Waals surface area contributed by atoms with Crippen LogP contribution in [0.5, 0.6) is 5.75 Å². The number of carbonyl (C=O) groups excluding carboxylic acids is 2. The third-order valence-electron chi connectivity index (χ3n) is 5.95. The van der Waals surface area contributed by atoms with Crippen LogP contribution in [0.25, 0.3) is 5.76 Å². The van der Waals surface area contributed by atoms with Gasteiger partial charge in [-0.2, -0.15) is 0 Å². The van der Waals surface area contributed by atoms with E-state index in [1.54, 1.807) is 42.5 Å². The van der Waals surface area contributed by atoms with Gasteiger partial charge in [0.15, 0.2) is 0 Å². The maximum absolute atomic E-state index is 14.8. The Hall–Kier alpha value is -3.19. The molecule has 7 heteroatoms. The molecule has 0 spiro atoms. The summed E-state index contributed by atoms with van der Waals surface area (Å²) in [6.45, 7) is 9.27. The number of Topliss-reactive ketones (excluding diaryl/α,β-unsaturated/α-hetero) is 1. The maximum Gasteiger partial charge on any atom is 0.295 e. The van der Waals surface area contributed by atoms with Crippen LogP contribution in [0.4, 0.5) is 4.39 Å². The van der Waals surface area contributed by atoms with Crippen LogP contribution >= 0.6 is 0 Å². The lowest BCUT2D eigenvalue weighted by Gasteiger charge is -2.27. The second kappa shape index (κ2) is 11.1. The lowest BCUT2D eigenvalue weighted by Crippen LogP contribution is -2.33. The van der Waals surface area contributed by atoms with Gasteiger partial charge in [0.05, 0.1) is 18.2 Å². The summed E-state index contributed by atoms with van der Waals surface area (Å²) in [7, 11) is 0. The standard InChI is InChI=1S/C26H31FN2O4/c1-4-28(5-2)16-9-17-29-23(20-10-7-8-11-21(20)27)22(25(31)26(29)32)24(30)18-12-14-19(15-13-18)33-6-3/h7-8,10-15,23,30H,4-6,9,16-17H2,1-3H3/b24-22-. The molecule has 1 N–H and O–H groups in total. The number of nitrogens with zero attached hydrogens (tertiary/aromatic N) is 2. The molecule has 1 saturated heterocycles.